The molecule has 0 radical (unpaired) electrons. The normalized spacial score (nSPS) is 12.1. The number of nitrogens with one attached hydrogen (secondary N) is 2. The molecular weight excluding hydrogens is 382 g/mol. The zero-order valence-electron chi connectivity index (χ0n) is 14.8. The molecule has 0 spiro atoms. The Hall–Kier alpha value is -2.55. The smallest absolute Gasteiger partial charge is 0.248 e. The molecule has 2 aromatic carbocycles. The Kier molecular flexibility index (Phi) is 5.69. The van der Waals surface area contributed by atoms with Crippen LogP contribution in [0.15, 0.2) is 59.5 Å². The van der Waals surface area contributed by atoms with Gasteiger partial charge >= 0.3 is 0 Å². The molecule has 0 aliphatic carbocycles. The number of thiazole rings is 1. The summed E-state index contributed by atoms with van der Waals surface area (Å²) in [6.07, 6.45) is 3.06. The maximum absolute atomic E-state index is 12.1. The van der Waals surface area contributed by atoms with Gasteiger partial charge in [-0.15, -0.1) is 11.3 Å². The van der Waals surface area contributed by atoms with Gasteiger partial charge in [0, 0.05) is 17.8 Å². The molecule has 2 N–H and O–H groups in total. The first-order valence-corrected chi connectivity index (χ1v) is 10.6. The van der Waals surface area contributed by atoms with Crippen LogP contribution < -0.4 is 10.0 Å². The fourth-order valence-electron chi connectivity index (χ4n) is 2.39. The highest BCUT2D eigenvalue weighted by Crippen LogP contribution is 2.22. The van der Waals surface area contributed by atoms with E-state index in [9.17, 15) is 13.2 Å². The van der Waals surface area contributed by atoms with Crippen molar-refractivity contribution in [2.45, 2.75) is 24.8 Å². The molecular formula is C19H19N3O3S2. The molecule has 0 unspecified atom stereocenters. The summed E-state index contributed by atoms with van der Waals surface area (Å²) in [4.78, 5) is 16.7. The molecule has 0 bridgehead atoms. The number of amides is 1. The Balaban J connectivity index is 1.65. The summed E-state index contributed by atoms with van der Waals surface area (Å²) in [7, 11) is -3.55. The van der Waals surface area contributed by atoms with E-state index in [2.05, 4.69) is 15.0 Å². The number of anilines is 1. The van der Waals surface area contributed by atoms with Gasteiger partial charge in [0.05, 0.1) is 15.1 Å². The van der Waals surface area contributed by atoms with Crippen LogP contribution in [0.4, 0.5) is 5.69 Å². The van der Waals surface area contributed by atoms with Gasteiger partial charge in [-0.25, -0.2) is 18.1 Å². The Morgan fingerprint density at radius 2 is 1.81 bits per heavy atom. The number of hydrogen-bond donors (Lipinski definition) is 2. The van der Waals surface area contributed by atoms with Crippen molar-refractivity contribution in [2.24, 2.45) is 0 Å². The van der Waals surface area contributed by atoms with E-state index < -0.39 is 10.0 Å². The van der Waals surface area contributed by atoms with Gasteiger partial charge in [-0.3, -0.25) is 4.79 Å². The Bertz CT molecular complexity index is 1050. The molecule has 0 saturated heterocycles. The number of nitrogens with zero attached hydrogens (tertiary/aromatic N) is 1. The SMILES string of the molecule is CC(C)NS(=O)(=O)c1ccc(NC(=O)/C=C/c2nc3ccccc3s2)cc1. The third-order valence-corrected chi connectivity index (χ3v) is 6.19. The number of benzene rings is 2. The minimum Gasteiger partial charge on any atom is -0.323 e. The highest BCUT2D eigenvalue weighted by atomic mass is 32.2. The van der Waals surface area contributed by atoms with Crippen molar-refractivity contribution in [1.29, 1.82) is 0 Å². The van der Waals surface area contributed by atoms with Gasteiger partial charge in [0.1, 0.15) is 5.01 Å². The van der Waals surface area contributed by atoms with Crippen LogP contribution in [0.5, 0.6) is 0 Å². The van der Waals surface area contributed by atoms with E-state index in [1.165, 1.54) is 29.5 Å². The summed E-state index contributed by atoms with van der Waals surface area (Å²) < 4.78 is 27.8. The number of para-hydroxylation sites is 1. The number of aromatic nitrogens is 1. The van der Waals surface area contributed by atoms with Crippen LogP contribution in [-0.2, 0) is 14.8 Å². The second kappa shape index (κ2) is 7.99. The van der Waals surface area contributed by atoms with Crippen LogP contribution >= 0.6 is 11.3 Å². The van der Waals surface area contributed by atoms with Crippen molar-refractivity contribution < 1.29 is 13.2 Å². The second-order valence-electron chi connectivity index (χ2n) is 6.14. The standard InChI is InChI=1S/C19H19N3O3S2/c1-13(2)22-27(24,25)15-9-7-14(8-10-15)20-18(23)11-12-19-21-16-5-3-4-6-17(16)26-19/h3-13,22H,1-2H3,(H,20,23)/b12-11+. The molecule has 1 aromatic heterocycles. The first-order valence-electron chi connectivity index (χ1n) is 8.30. The minimum atomic E-state index is -3.55. The number of carbonyl (C=O) groups is 1. The molecule has 0 aliphatic rings. The predicted octanol–water partition coefficient (Wildman–Crippen LogP) is 3.63. The Morgan fingerprint density at radius 1 is 1.11 bits per heavy atom. The number of rotatable bonds is 6. The van der Waals surface area contributed by atoms with E-state index >= 15 is 0 Å². The van der Waals surface area contributed by atoms with Crippen LogP contribution in [0.25, 0.3) is 16.3 Å². The van der Waals surface area contributed by atoms with E-state index in [1.54, 1.807) is 32.1 Å². The summed E-state index contributed by atoms with van der Waals surface area (Å²) in [5, 5.41) is 3.44. The van der Waals surface area contributed by atoms with Crippen molar-refractivity contribution in [3.05, 3.63) is 59.6 Å². The summed E-state index contributed by atoms with van der Waals surface area (Å²) in [6, 6.07) is 13.6. The molecule has 0 fully saturated rings. The summed E-state index contributed by atoms with van der Waals surface area (Å²) in [6.45, 7) is 3.51. The highest BCUT2D eigenvalue weighted by molar-refractivity contribution is 7.89. The molecule has 0 saturated carbocycles. The quantitative estimate of drug-likeness (QED) is 0.617. The average molecular weight is 402 g/mol. The summed E-state index contributed by atoms with van der Waals surface area (Å²) in [5.74, 6) is -0.315. The van der Waals surface area contributed by atoms with Crippen LogP contribution in [0.1, 0.15) is 18.9 Å². The van der Waals surface area contributed by atoms with E-state index in [1.807, 2.05) is 24.3 Å². The van der Waals surface area contributed by atoms with Crippen molar-refractivity contribution in [3.63, 3.8) is 0 Å². The number of carbonyl (C=O) groups excluding carboxylic acids is 1. The lowest BCUT2D eigenvalue weighted by atomic mass is 10.3. The Morgan fingerprint density at radius 3 is 2.48 bits per heavy atom. The van der Waals surface area contributed by atoms with E-state index in [4.69, 9.17) is 0 Å². The van der Waals surface area contributed by atoms with Crippen LogP contribution in [-0.4, -0.2) is 25.4 Å². The molecule has 0 atom stereocenters. The molecule has 3 rings (SSSR count). The van der Waals surface area contributed by atoms with Crippen molar-refractivity contribution in [3.8, 4) is 0 Å². The number of hydrogen-bond acceptors (Lipinski definition) is 5. The van der Waals surface area contributed by atoms with E-state index in [-0.39, 0.29) is 16.8 Å². The molecule has 1 heterocycles. The van der Waals surface area contributed by atoms with Gasteiger partial charge in [0.25, 0.3) is 0 Å². The first-order chi connectivity index (χ1) is 12.8. The largest absolute Gasteiger partial charge is 0.323 e. The van der Waals surface area contributed by atoms with Crippen LogP contribution in [0.2, 0.25) is 0 Å². The number of sulfonamides is 1. The number of fused-ring (bicyclic) bond motifs is 1. The van der Waals surface area contributed by atoms with Gasteiger partial charge in [-0.2, -0.15) is 0 Å². The molecule has 1 amide bonds. The molecule has 0 aliphatic heterocycles. The highest BCUT2D eigenvalue weighted by Gasteiger charge is 2.15. The van der Waals surface area contributed by atoms with Gasteiger partial charge in [-0.05, 0) is 56.3 Å². The fraction of sp³-hybridized carbons (Fsp3) is 0.158. The van der Waals surface area contributed by atoms with Gasteiger partial charge in [0.2, 0.25) is 15.9 Å². The summed E-state index contributed by atoms with van der Waals surface area (Å²) >= 11 is 1.50. The molecule has 3 aromatic rings. The van der Waals surface area contributed by atoms with Crippen molar-refractivity contribution in [2.75, 3.05) is 5.32 Å². The van der Waals surface area contributed by atoms with Gasteiger partial charge in [-0.1, -0.05) is 12.1 Å². The predicted molar refractivity (Wildman–Crippen MR) is 109 cm³/mol. The van der Waals surface area contributed by atoms with Crippen molar-refractivity contribution >= 4 is 49.2 Å². The van der Waals surface area contributed by atoms with Crippen LogP contribution in [0.3, 0.4) is 0 Å². The summed E-state index contributed by atoms with van der Waals surface area (Å²) in [5.41, 5.74) is 1.41. The van der Waals surface area contributed by atoms with Crippen molar-refractivity contribution in [1.82, 2.24) is 9.71 Å². The lowest BCUT2D eigenvalue weighted by molar-refractivity contribution is -0.111. The molecule has 27 heavy (non-hydrogen) atoms. The molecule has 8 heteroatoms. The zero-order valence-corrected chi connectivity index (χ0v) is 16.5. The Labute approximate surface area is 162 Å². The minimum absolute atomic E-state index is 0.152. The maximum Gasteiger partial charge on any atom is 0.248 e. The van der Waals surface area contributed by atoms with E-state index in [0.717, 1.165) is 15.2 Å². The molecule has 6 nitrogen and oxygen atoms in total. The molecule has 140 valence electrons. The zero-order chi connectivity index (χ0) is 19.4. The first kappa shape index (κ1) is 19.2. The van der Waals surface area contributed by atoms with Gasteiger partial charge in [0.15, 0.2) is 0 Å². The fourth-order valence-corrected chi connectivity index (χ4v) is 4.51. The monoisotopic (exact) mass is 401 g/mol. The average Bonchev–Trinajstić information content (AvgIpc) is 3.02. The second-order valence-corrected chi connectivity index (χ2v) is 8.92. The van der Waals surface area contributed by atoms with Crippen LogP contribution in [0, 0.1) is 0 Å². The third kappa shape index (κ3) is 5.00. The third-order valence-electron chi connectivity index (χ3n) is 3.51. The topological polar surface area (TPSA) is 88.2 Å². The van der Waals surface area contributed by atoms with E-state index in [0.29, 0.717) is 5.69 Å². The van der Waals surface area contributed by atoms with Gasteiger partial charge < -0.3 is 5.32 Å². The lowest BCUT2D eigenvalue weighted by Crippen LogP contribution is -2.30. The maximum atomic E-state index is 12.1. The lowest BCUT2D eigenvalue weighted by Gasteiger charge is -2.10.